The summed E-state index contributed by atoms with van der Waals surface area (Å²) in [5.74, 6) is -0.376. The van der Waals surface area contributed by atoms with Gasteiger partial charge in [-0.05, 0) is 42.4 Å². The van der Waals surface area contributed by atoms with Crippen molar-refractivity contribution in [2.24, 2.45) is 5.92 Å². The van der Waals surface area contributed by atoms with Crippen LogP contribution in [0, 0.1) is 5.92 Å². The highest BCUT2D eigenvalue weighted by Gasteiger charge is 2.30. The fourth-order valence-electron chi connectivity index (χ4n) is 1.98. The number of rotatable bonds is 4. The van der Waals surface area contributed by atoms with E-state index in [0.717, 1.165) is 17.6 Å². The summed E-state index contributed by atoms with van der Waals surface area (Å²) in [5, 5.41) is 14.9. The molecule has 1 aliphatic carbocycles. The summed E-state index contributed by atoms with van der Waals surface area (Å²) in [6.45, 7) is -0.211. The Labute approximate surface area is 163 Å². The second-order valence-corrected chi connectivity index (χ2v) is 6.70. The molecular weight excluding hydrogens is 401 g/mol. The van der Waals surface area contributed by atoms with Crippen LogP contribution in [0.3, 0.4) is 0 Å². The van der Waals surface area contributed by atoms with E-state index in [1.807, 2.05) is 0 Å². The molecule has 0 bridgehead atoms. The van der Waals surface area contributed by atoms with Gasteiger partial charge in [-0.25, -0.2) is 0 Å². The SMILES string of the molecule is O=C(Cn1nnc(-c2cccc(Cl)c2Cl)n1)NNC(=S)NC(=O)C1CC1. The Morgan fingerprint density at radius 1 is 1.27 bits per heavy atom. The van der Waals surface area contributed by atoms with Gasteiger partial charge in [0.15, 0.2) is 5.11 Å². The maximum Gasteiger partial charge on any atom is 0.262 e. The van der Waals surface area contributed by atoms with E-state index in [1.54, 1.807) is 18.2 Å². The Morgan fingerprint density at radius 2 is 2.04 bits per heavy atom. The lowest BCUT2D eigenvalue weighted by molar-refractivity contribution is -0.123. The van der Waals surface area contributed by atoms with E-state index in [4.69, 9.17) is 35.4 Å². The molecule has 0 saturated heterocycles. The number of aromatic nitrogens is 4. The van der Waals surface area contributed by atoms with Crippen molar-refractivity contribution in [3.05, 3.63) is 28.2 Å². The molecule has 1 heterocycles. The molecule has 0 spiro atoms. The molecule has 1 aliphatic rings. The van der Waals surface area contributed by atoms with Gasteiger partial charge >= 0.3 is 0 Å². The lowest BCUT2D eigenvalue weighted by Crippen LogP contribution is -2.49. The van der Waals surface area contributed by atoms with Crippen molar-refractivity contribution in [2.75, 3.05) is 0 Å². The first-order chi connectivity index (χ1) is 12.4. The molecule has 2 amide bonds. The number of hydrazine groups is 1. The van der Waals surface area contributed by atoms with Gasteiger partial charge in [-0.15, -0.1) is 10.2 Å². The maximum atomic E-state index is 11.9. The van der Waals surface area contributed by atoms with Crippen LogP contribution in [-0.4, -0.2) is 37.1 Å². The average Bonchev–Trinajstić information content (AvgIpc) is 3.36. The van der Waals surface area contributed by atoms with Crippen LogP contribution < -0.4 is 16.2 Å². The average molecular weight is 414 g/mol. The molecule has 2 aromatic rings. The Bertz CT molecular complexity index is 869. The highest BCUT2D eigenvalue weighted by atomic mass is 35.5. The van der Waals surface area contributed by atoms with Crippen LogP contribution >= 0.6 is 35.4 Å². The van der Waals surface area contributed by atoms with Crippen molar-refractivity contribution in [3.8, 4) is 11.4 Å². The quantitative estimate of drug-likeness (QED) is 0.507. The molecule has 1 saturated carbocycles. The third kappa shape index (κ3) is 4.65. The van der Waals surface area contributed by atoms with Crippen LogP contribution in [0.2, 0.25) is 10.0 Å². The van der Waals surface area contributed by atoms with Gasteiger partial charge in [0.1, 0.15) is 6.54 Å². The molecule has 1 aromatic heterocycles. The highest BCUT2D eigenvalue weighted by molar-refractivity contribution is 7.80. The molecule has 136 valence electrons. The molecule has 1 fully saturated rings. The molecule has 3 N–H and O–H groups in total. The Hall–Kier alpha value is -2.30. The van der Waals surface area contributed by atoms with Gasteiger partial charge in [-0.2, -0.15) is 4.80 Å². The van der Waals surface area contributed by atoms with Crippen LogP contribution in [0.4, 0.5) is 0 Å². The van der Waals surface area contributed by atoms with Crippen molar-refractivity contribution >= 4 is 52.3 Å². The van der Waals surface area contributed by atoms with Crippen molar-refractivity contribution in [1.82, 2.24) is 36.4 Å². The number of nitrogens with one attached hydrogen (secondary N) is 3. The Kier molecular flexibility index (Phi) is 5.64. The summed E-state index contributed by atoms with van der Waals surface area (Å²) < 4.78 is 0. The van der Waals surface area contributed by atoms with Gasteiger partial charge in [0.2, 0.25) is 11.7 Å². The number of nitrogens with zero attached hydrogens (tertiary/aromatic N) is 4. The van der Waals surface area contributed by atoms with Crippen molar-refractivity contribution < 1.29 is 9.59 Å². The Morgan fingerprint density at radius 3 is 2.77 bits per heavy atom. The number of carbonyl (C=O) groups excluding carboxylic acids is 2. The van der Waals surface area contributed by atoms with E-state index < -0.39 is 5.91 Å². The maximum absolute atomic E-state index is 11.9. The summed E-state index contributed by atoms with van der Waals surface area (Å²) in [7, 11) is 0. The monoisotopic (exact) mass is 413 g/mol. The van der Waals surface area contributed by atoms with Gasteiger partial charge in [0, 0.05) is 11.5 Å². The van der Waals surface area contributed by atoms with E-state index >= 15 is 0 Å². The number of carbonyl (C=O) groups is 2. The zero-order valence-electron chi connectivity index (χ0n) is 13.2. The largest absolute Gasteiger partial charge is 0.302 e. The van der Waals surface area contributed by atoms with Gasteiger partial charge in [-0.1, -0.05) is 29.3 Å². The third-order valence-electron chi connectivity index (χ3n) is 3.43. The minimum atomic E-state index is -0.478. The van der Waals surface area contributed by atoms with Crippen LogP contribution in [-0.2, 0) is 16.1 Å². The van der Waals surface area contributed by atoms with Gasteiger partial charge in [0.05, 0.1) is 10.0 Å². The third-order valence-corrected chi connectivity index (χ3v) is 4.45. The molecule has 9 nitrogen and oxygen atoms in total. The standard InChI is InChI=1S/C14H13Cl2N7O2S/c15-9-3-1-2-8(11(9)16)12-19-22-23(21-12)6-10(24)18-20-14(26)17-13(25)7-4-5-7/h1-3,7H,4-6H2,(H,18,24)(H2,17,20,25,26). The van der Waals surface area contributed by atoms with E-state index in [9.17, 15) is 9.59 Å². The zero-order valence-corrected chi connectivity index (χ0v) is 15.5. The predicted molar refractivity (Wildman–Crippen MR) is 98.0 cm³/mol. The first-order valence-electron chi connectivity index (χ1n) is 7.56. The fraction of sp³-hybridized carbons (Fsp3) is 0.286. The molecule has 0 atom stereocenters. The summed E-state index contributed by atoms with van der Waals surface area (Å²) in [4.78, 5) is 24.5. The number of halogens is 2. The summed E-state index contributed by atoms with van der Waals surface area (Å²) in [6.07, 6.45) is 1.72. The van der Waals surface area contributed by atoms with Gasteiger partial charge in [0.25, 0.3) is 5.91 Å². The summed E-state index contributed by atoms with van der Waals surface area (Å²) >= 11 is 17.0. The minimum absolute atomic E-state index is 0.0153. The number of hydrogen-bond acceptors (Lipinski definition) is 6. The fourth-order valence-corrected chi connectivity index (χ4v) is 2.52. The molecule has 12 heteroatoms. The molecule has 26 heavy (non-hydrogen) atoms. The Balaban J connectivity index is 1.52. The van der Waals surface area contributed by atoms with Gasteiger partial charge in [-0.3, -0.25) is 20.4 Å². The summed E-state index contributed by atoms with van der Waals surface area (Å²) in [5.41, 5.74) is 5.30. The molecule has 3 rings (SSSR count). The smallest absolute Gasteiger partial charge is 0.262 e. The number of thiocarbonyl (C=S) groups is 1. The van der Waals surface area contributed by atoms with E-state index in [-0.39, 0.29) is 29.3 Å². The van der Waals surface area contributed by atoms with E-state index in [0.29, 0.717) is 15.6 Å². The number of benzene rings is 1. The number of hydrogen-bond donors (Lipinski definition) is 3. The second kappa shape index (κ2) is 7.94. The van der Waals surface area contributed by atoms with Crippen LogP contribution in [0.1, 0.15) is 12.8 Å². The van der Waals surface area contributed by atoms with E-state index in [1.165, 1.54) is 0 Å². The second-order valence-electron chi connectivity index (χ2n) is 5.51. The van der Waals surface area contributed by atoms with E-state index in [2.05, 4.69) is 31.6 Å². The molecule has 0 unspecified atom stereocenters. The van der Waals surface area contributed by atoms with Crippen molar-refractivity contribution in [1.29, 1.82) is 0 Å². The lowest BCUT2D eigenvalue weighted by Gasteiger charge is -2.09. The first-order valence-corrected chi connectivity index (χ1v) is 8.72. The normalized spacial score (nSPS) is 13.2. The molecule has 0 aliphatic heterocycles. The van der Waals surface area contributed by atoms with Gasteiger partial charge < -0.3 is 5.32 Å². The number of amides is 2. The molecular formula is C14H13Cl2N7O2S. The topological polar surface area (TPSA) is 114 Å². The van der Waals surface area contributed by atoms with Crippen molar-refractivity contribution in [3.63, 3.8) is 0 Å². The first kappa shape index (κ1) is 18.5. The number of tetrazole rings is 1. The molecule has 0 radical (unpaired) electrons. The van der Waals surface area contributed by atoms with Crippen LogP contribution in [0.5, 0.6) is 0 Å². The minimum Gasteiger partial charge on any atom is -0.302 e. The summed E-state index contributed by atoms with van der Waals surface area (Å²) in [6, 6.07) is 5.04. The van der Waals surface area contributed by atoms with Crippen molar-refractivity contribution in [2.45, 2.75) is 19.4 Å². The van der Waals surface area contributed by atoms with Crippen LogP contribution in [0.25, 0.3) is 11.4 Å². The van der Waals surface area contributed by atoms with Crippen LogP contribution in [0.15, 0.2) is 18.2 Å². The highest BCUT2D eigenvalue weighted by Crippen LogP contribution is 2.31. The predicted octanol–water partition coefficient (Wildman–Crippen LogP) is 1.08. The lowest BCUT2D eigenvalue weighted by atomic mass is 10.2. The molecule has 1 aromatic carbocycles. The zero-order chi connectivity index (χ0) is 18.7.